The Morgan fingerprint density at radius 3 is 2.65 bits per heavy atom. The molecular weight excluding hydrogens is 468 g/mol. The van der Waals surface area contributed by atoms with E-state index >= 15 is 0 Å². The number of fused-ring (bicyclic) bond motifs is 3. The van der Waals surface area contributed by atoms with Crippen LogP contribution in [0.15, 0.2) is 42.6 Å². The van der Waals surface area contributed by atoms with Gasteiger partial charge in [0, 0.05) is 75.8 Å². The van der Waals surface area contributed by atoms with Crippen molar-refractivity contribution in [3.8, 4) is 5.75 Å². The summed E-state index contributed by atoms with van der Waals surface area (Å²) < 4.78 is 12.1. The van der Waals surface area contributed by atoms with Gasteiger partial charge in [0.15, 0.2) is 0 Å². The van der Waals surface area contributed by atoms with Crippen LogP contribution in [0.2, 0.25) is 0 Å². The molecule has 1 aromatic heterocycles. The molecule has 2 atom stereocenters. The molecule has 6 rings (SSSR count). The highest BCUT2D eigenvalue weighted by Crippen LogP contribution is 2.51. The zero-order valence-corrected chi connectivity index (χ0v) is 21.8. The first-order chi connectivity index (χ1) is 17.9. The molecule has 1 saturated carbocycles. The van der Waals surface area contributed by atoms with Gasteiger partial charge < -0.3 is 19.3 Å². The van der Waals surface area contributed by atoms with Crippen molar-refractivity contribution in [2.75, 3.05) is 33.7 Å². The van der Waals surface area contributed by atoms with Crippen LogP contribution in [0, 0.1) is 5.41 Å². The molecule has 1 unspecified atom stereocenters. The Balaban J connectivity index is 1.03. The number of ether oxygens (including phenoxy) is 2. The number of likely N-dealkylation sites (tertiary alicyclic amines) is 1. The first-order valence-electron chi connectivity index (χ1n) is 13.5. The van der Waals surface area contributed by atoms with E-state index in [1.165, 1.54) is 5.56 Å². The fourth-order valence-electron chi connectivity index (χ4n) is 6.71. The predicted octanol–water partition coefficient (Wildman–Crippen LogP) is 3.80. The van der Waals surface area contributed by atoms with Gasteiger partial charge in [-0.15, -0.1) is 0 Å². The van der Waals surface area contributed by atoms with Gasteiger partial charge in [-0.1, -0.05) is 30.3 Å². The van der Waals surface area contributed by atoms with Gasteiger partial charge in [-0.3, -0.25) is 14.7 Å². The van der Waals surface area contributed by atoms with Crippen molar-refractivity contribution in [2.45, 2.75) is 63.3 Å². The van der Waals surface area contributed by atoms with E-state index < -0.39 is 0 Å². The number of benzene rings is 1. The van der Waals surface area contributed by atoms with Gasteiger partial charge >= 0.3 is 6.09 Å². The Morgan fingerprint density at radius 2 is 1.89 bits per heavy atom. The topological polar surface area (TPSA) is 75.2 Å². The molecule has 2 aromatic rings. The van der Waals surface area contributed by atoms with Crippen molar-refractivity contribution >= 4 is 12.0 Å². The van der Waals surface area contributed by atoms with Crippen LogP contribution in [-0.4, -0.2) is 77.6 Å². The van der Waals surface area contributed by atoms with Gasteiger partial charge in [0.1, 0.15) is 18.5 Å². The van der Waals surface area contributed by atoms with E-state index in [4.69, 9.17) is 14.5 Å². The van der Waals surface area contributed by atoms with Crippen molar-refractivity contribution in [1.82, 2.24) is 19.7 Å². The Labute approximate surface area is 218 Å². The van der Waals surface area contributed by atoms with E-state index in [9.17, 15) is 9.59 Å². The minimum absolute atomic E-state index is 0.164. The molecule has 8 nitrogen and oxygen atoms in total. The highest BCUT2D eigenvalue weighted by Gasteiger charge is 2.55. The molecule has 196 valence electrons. The lowest BCUT2D eigenvalue weighted by atomic mass is 9.62. The van der Waals surface area contributed by atoms with Crippen molar-refractivity contribution < 1.29 is 19.1 Å². The molecule has 2 saturated heterocycles. The third-order valence-electron chi connectivity index (χ3n) is 8.66. The quantitative estimate of drug-likeness (QED) is 0.596. The molecule has 4 heterocycles. The second kappa shape index (κ2) is 9.63. The third kappa shape index (κ3) is 4.67. The molecule has 0 radical (unpaired) electrons. The van der Waals surface area contributed by atoms with E-state index in [1.54, 1.807) is 9.80 Å². The second-order valence-electron chi connectivity index (χ2n) is 11.4. The first-order valence-corrected chi connectivity index (χ1v) is 13.5. The lowest BCUT2D eigenvalue weighted by Crippen LogP contribution is -2.65. The van der Waals surface area contributed by atoms with Crippen LogP contribution < -0.4 is 4.74 Å². The molecule has 8 heteroatoms. The Hall–Kier alpha value is -3.13. The maximum Gasteiger partial charge on any atom is 0.410 e. The average Bonchev–Trinajstić information content (AvgIpc) is 3.26. The van der Waals surface area contributed by atoms with Crippen LogP contribution in [0.5, 0.6) is 5.75 Å². The van der Waals surface area contributed by atoms with E-state index in [-0.39, 0.29) is 35.6 Å². The summed E-state index contributed by atoms with van der Waals surface area (Å²) in [7, 11) is 3.66. The lowest BCUT2D eigenvalue weighted by molar-refractivity contribution is -0.129. The fraction of sp³-hybridized carbons (Fsp3) is 0.552. The van der Waals surface area contributed by atoms with E-state index in [0.29, 0.717) is 13.0 Å². The van der Waals surface area contributed by atoms with Crippen molar-refractivity contribution in [1.29, 1.82) is 0 Å². The van der Waals surface area contributed by atoms with Crippen LogP contribution in [0.1, 0.15) is 55.0 Å². The molecule has 1 spiro atoms. The predicted molar refractivity (Wildman–Crippen MR) is 138 cm³/mol. The molecule has 4 aliphatic rings. The largest absolute Gasteiger partial charge is 0.490 e. The summed E-state index contributed by atoms with van der Waals surface area (Å²) in [6.07, 6.45) is 7.25. The fourth-order valence-corrected chi connectivity index (χ4v) is 6.71. The highest BCUT2D eigenvalue weighted by atomic mass is 16.6. The minimum Gasteiger partial charge on any atom is -0.490 e. The smallest absolute Gasteiger partial charge is 0.410 e. The summed E-state index contributed by atoms with van der Waals surface area (Å²) in [6, 6.07) is 12.4. The number of hydrogen-bond acceptors (Lipinski definition) is 6. The maximum atomic E-state index is 12.4. The van der Waals surface area contributed by atoms with Crippen molar-refractivity contribution in [3.63, 3.8) is 0 Å². The molecular formula is C29H36N4O4. The van der Waals surface area contributed by atoms with Gasteiger partial charge in [-0.25, -0.2) is 4.79 Å². The number of nitrogens with zero attached hydrogens (tertiary/aromatic N) is 4. The maximum absolute atomic E-state index is 12.4. The summed E-state index contributed by atoms with van der Waals surface area (Å²) in [5.74, 6) is 1.15. The summed E-state index contributed by atoms with van der Waals surface area (Å²) >= 11 is 0. The highest BCUT2D eigenvalue weighted by molar-refractivity contribution is 5.76. The SMILES string of the molecule is CN(C)C(=O)CC1CC[C@H]2c3c(OC4CC5(C4)CN(C(=O)OCc4ccccc4)C5)ccnc3CCN12. The van der Waals surface area contributed by atoms with E-state index in [0.717, 1.165) is 68.7 Å². The molecule has 1 aliphatic carbocycles. The van der Waals surface area contributed by atoms with E-state index in [1.807, 2.05) is 56.7 Å². The molecule has 0 bridgehead atoms. The zero-order valence-electron chi connectivity index (χ0n) is 21.8. The van der Waals surface area contributed by atoms with Gasteiger partial charge in [0.2, 0.25) is 5.91 Å². The molecule has 3 fully saturated rings. The number of carbonyl (C=O) groups excluding carboxylic acids is 2. The molecule has 0 N–H and O–H groups in total. The first kappa shape index (κ1) is 24.2. The number of carbonyl (C=O) groups is 2. The van der Waals surface area contributed by atoms with Gasteiger partial charge in [0.05, 0.1) is 5.69 Å². The normalized spacial score (nSPS) is 24.0. The number of hydrogen-bond donors (Lipinski definition) is 0. The number of pyridine rings is 1. The summed E-state index contributed by atoms with van der Waals surface area (Å²) in [6.45, 7) is 2.74. The van der Waals surface area contributed by atoms with Crippen LogP contribution in [-0.2, 0) is 22.6 Å². The standard InChI is InChI=1S/C29H36N4O4/c1-31(2)26(34)14-21-8-9-24-27-23(11-13-33(21)24)30-12-10-25(27)37-22-15-29(16-22)18-32(19-29)28(35)36-17-20-6-4-3-5-7-20/h3-7,10,12,21-22,24H,8-9,11,13-19H2,1-2H3/t21?,24-/m0/s1. The Morgan fingerprint density at radius 1 is 1.11 bits per heavy atom. The monoisotopic (exact) mass is 504 g/mol. The molecule has 37 heavy (non-hydrogen) atoms. The lowest BCUT2D eigenvalue weighted by Gasteiger charge is -2.57. The van der Waals surface area contributed by atoms with Gasteiger partial charge in [-0.2, -0.15) is 0 Å². The van der Waals surface area contributed by atoms with Gasteiger partial charge in [-0.05, 0) is 37.3 Å². The number of amides is 2. The van der Waals surface area contributed by atoms with Gasteiger partial charge in [0.25, 0.3) is 0 Å². The van der Waals surface area contributed by atoms with Crippen LogP contribution >= 0.6 is 0 Å². The Bertz CT molecular complexity index is 1160. The van der Waals surface area contributed by atoms with Crippen LogP contribution in [0.25, 0.3) is 0 Å². The number of aromatic nitrogens is 1. The van der Waals surface area contributed by atoms with Crippen LogP contribution in [0.4, 0.5) is 4.79 Å². The van der Waals surface area contributed by atoms with Crippen molar-refractivity contribution in [2.24, 2.45) is 5.41 Å². The minimum atomic E-state index is -0.231. The molecule has 3 aliphatic heterocycles. The summed E-state index contributed by atoms with van der Waals surface area (Å²) in [4.78, 5) is 35.5. The van der Waals surface area contributed by atoms with E-state index in [2.05, 4.69) is 4.90 Å². The second-order valence-corrected chi connectivity index (χ2v) is 11.4. The van der Waals surface area contributed by atoms with Crippen LogP contribution in [0.3, 0.4) is 0 Å². The van der Waals surface area contributed by atoms with Crippen molar-refractivity contribution in [3.05, 3.63) is 59.4 Å². The third-order valence-corrected chi connectivity index (χ3v) is 8.66. The average molecular weight is 505 g/mol. The number of rotatable bonds is 6. The molecule has 1 aromatic carbocycles. The summed E-state index contributed by atoms with van der Waals surface area (Å²) in [5.41, 5.74) is 3.54. The Kier molecular flexibility index (Phi) is 6.31. The molecule has 2 amide bonds. The summed E-state index contributed by atoms with van der Waals surface area (Å²) in [5, 5.41) is 0. The zero-order chi connectivity index (χ0) is 25.6.